The molecule has 0 amide bonds. The van der Waals surface area contributed by atoms with E-state index < -0.39 is 12.1 Å². The third-order valence-corrected chi connectivity index (χ3v) is 3.90. The van der Waals surface area contributed by atoms with Crippen molar-refractivity contribution in [1.82, 2.24) is 0 Å². The van der Waals surface area contributed by atoms with Crippen LogP contribution in [0.5, 0.6) is 11.5 Å². The Morgan fingerprint density at radius 1 is 1.07 bits per heavy atom. The van der Waals surface area contributed by atoms with E-state index in [1.807, 2.05) is 24.3 Å². The van der Waals surface area contributed by atoms with Crippen LogP contribution in [0.15, 0.2) is 54.6 Å². The van der Waals surface area contributed by atoms with E-state index in [-0.39, 0.29) is 13.2 Å². The van der Waals surface area contributed by atoms with Gasteiger partial charge < -0.3 is 19.7 Å². The number of hydrogen-bond donors (Lipinski definition) is 2. The molecule has 144 valence electrons. The first-order valence-corrected chi connectivity index (χ1v) is 9.10. The number of hydrogen-bond acceptors (Lipinski definition) is 4. The summed E-state index contributed by atoms with van der Waals surface area (Å²) < 4.78 is 11.2. The lowest BCUT2D eigenvalue weighted by Crippen LogP contribution is -2.25. The summed E-state index contributed by atoms with van der Waals surface area (Å²) in [5.74, 6) is 0.268. The monoisotopic (exact) mass is 370 g/mol. The molecule has 27 heavy (non-hydrogen) atoms. The van der Waals surface area contributed by atoms with Gasteiger partial charge in [-0.25, -0.2) is 4.79 Å². The van der Waals surface area contributed by atoms with Crippen LogP contribution in [0.3, 0.4) is 0 Å². The van der Waals surface area contributed by atoms with Gasteiger partial charge in [-0.2, -0.15) is 0 Å². The first-order chi connectivity index (χ1) is 13.1. The normalized spacial score (nSPS) is 12.1. The minimum absolute atomic E-state index is 0.0840. The number of carbonyl (C=O) groups is 1. The zero-order chi connectivity index (χ0) is 19.5. The van der Waals surface area contributed by atoms with Gasteiger partial charge in [-0.15, -0.1) is 0 Å². The van der Waals surface area contributed by atoms with Crippen LogP contribution in [0.1, 0.15) is 30.9 Å². The number of carboxylic acid groups (broad SMARTS) is 1. The highest BCUT2D eigenvalue weighted by Gasteiger charge is 2.07. The van der Waals surface area contributed by atoms with E-state index in [1.54, 1.807) is 24.3 Å². The highest BCUT2D eigenvalue weighted by atomic mass is 16.5. The van der Waals surface area contributed by atoms with Crippen LogP contribution < -0.4 is 9.47 Å². The fourth-order valence-corrected chi connectivity index (χ4v) is 2.44. The Balaban J connectivity index is 1.76. The minimum Gasteiger partial charge on any atom is -0.491 e. The molecular weight excluding hydrogens is 344 g/mol. The van der Waals surface area contributed by atoms with Gasteiger partial charge in [0.1, 0.15) is 30.8 Å². The van der Waals surface area contributed by atoms with Crippen LogP contribution in [0, 0.1) is 0 Å². The lowest BCUT2D eigenvalue weighted by atomic mass is 10.1. The van der Waals surface area contributed by atoms with Crippen molar-refractivity contribution in [3.8, 4) is 11.5 Å². The summed E-state index contributed by atoms with van der Waals surface area (Å²) in [4.78, 5) is 10.6. The molecule has 0 aliphatic rings. The molecule has 0 aliphatic carbocycles. The average Bonchev–Trinajstić information content (AvgIpc) is 2.68. The van der Waals surface area contributed by atoms with Crippen molar-refractivity contribution in [1.29, 1.82) is 0 Å². The predicted molar refractivity (Wildman–Crippen MR) is 105 cm³/mol. The maximum absolute atomic E-state index is 10.6. The summed E-state index contributed by atoms with van der Waals surface area (Å²) in [6, 6.07) is 14.9. The molecule has 0 heterocycles. The standard InChI is InChI=1S/C22H26O5/c1-2-3-5-17-8-11-20(12-9-17)26-15-19(23)16-27-21-7-4-6-18(14-21)10-13-22(24)25/h4,6-14,19,23H,2-3,5,15-16H2,1H3,(H,24,25). The van der Waals surface area contributed by atoms with Crippen molar-refractivity contribution in [3.63, 3.8) is 0 Å². The SMILES string of the molecule is CCCCc1ccc(OCC(O)COc2cccc(C=CC(=O)O)c2)cc1. The smallest absolute Gasteiger partial charge is 0.328 e. The summed E-state index contributed by atoms with van der Waals surface area (Å²) in [5, 5.41) is 18.7. The van der Waals surface area contributed by atoms with Gasteiger partial charge in [-0.3, -0.25) is 0 Å². The number of aliphatic hydroxyl groups excluding tert-OH is 1. The fraction of sp³-hybridized carbons (Fsp3) is 0.318. The van der Waals surface area contributed by atoms with E-state index in [0.717, 1.165) is 18.2 Å². The van der Waals surface area contributed by atoms with Crippen molar-refractivity contribution in [3.05, 3.63) is 65.7 Å². The van der Waals surface area contributed by atoms with Crippen LogP contribution in [0.4, 0.5) is 0 Å². The number of carboxylic acids is 1. The Bertz CT molecular complexity index is 737. The molecule has 1 unspecified atom stereocenters. The second-order valence-corrected chi connectivity index (χ2v) is 6.27. The van der Waals surface area contributed by atoms with E-state index in [4.69, 9.17) is 14.6 Å². The number of benzene rings is 2. The molecule has 5 nitrogen and oxygen atoms in total. The maximum atomic E-state index is 10.6. The molecule has 0 aromatic heterocycles. The zero-order valence-corrected chi connectivity index (χ0v) is 15.5. The Kier molecular flexibility index (Phi) is 8.39. The number of aliphatic hydroxyl groups is 1. The van der Waals surface area contributed by atoms with Crippen LogP contribution in [0.25, 0.3) is 6.08 Å². The molecule has 0 fully saturated rings. The van der Waals surface area contributed by atoms with Gasteiger partial charge >= 0.3 is 5.97 Å². The largest absolute Gasteiger partial charge is 0.491 e. The molecule has 0 saturated carbocycles. The molecular formula is C22H26O5. The van der Waals surface area contributed by atoms with E-state index >= 15 is 0 Å². The van der Waals surface area contributed by atoms with Gasteiger partial charge in [0.05, 0.1) is 0 Å². The molecule has 0 bridgehead atoms. The number of ether oxygens (including phenoxy) is 2. The topological polar surface area (TPSA) is 76.0 Å². The summed E-state index contributed by atoms with van der Waals surface area (Å²) in [6.45, 7) is 2.39. The van der Waals surface area contributed by atoms with Crippen molar-refractivity contribution in [2.45, 2.75) is 32.3 Å². The molecule has 0 aliphatic heterocycles. The lowest BCUT2D eigenvalue weighted by Gasteiger charge is -2.14. The average molecular weight is 370 g/mol. The molecule has 2 aromatic rings. The minimum atomic E-state index is -1.01. The lowest BCUT2D eigenvalue weighted by molar-refractivity contribution is -0.131. The number of aliphatic carboxylic acids is 1. The number of aryl methyl sites for hydroxylation is 1. The van der Waals surface area contributed by atoms with E-state index in [0.29, 0.717) is 11.3 Å². The summed E-state index contributed by atoms with van der Waals surface area (Å²) in [5.41, 5.74) is 1.99. The quantitative estimate of drug-likeness (QED) is 0.586. The Morgan fingerprint density at radius 2 is 1.78 bits per heavy atom. The van der Waals surface area contributed by atoms with Crippen molar-refractivity contribution < 1.29 is 24.5 Å². The van der Waals surface area contributed by atoms with Gasteiger partial charge in [-0.05, 0) is 54.3 Å². The number of unbranched alkanes of at least 4 members (excludes halogenated alkanes) is 1. The molecule has 2 N–H and O–H groups in total. The van der Waals surface area contributed by atoms with Gasteiger partial charge in [0.15, 0.2) is 0 Å². The Hall–Kier alpha value is -2.79. The van der Waals surface area contributed by atoms with Crippen LogP contribution in [-0.4, -0.2) is 35.5 Å². The van der Waals surface area contributed by atoms with E-state index in [9.17, 15) is 9.90 Å². The summed E-state index contributed by atoms with van der Waals surface area (Å²) in [7, 11) is 0. The third kappa shape index (κ3) is 7.96. The highest BCUT2D eigenvalue weighted by Crippen LogP contribution is 2.16. The summed E-state index contributed by atoms with van der Waals surface area (Å²) in [6.07, 6.45) is 5.18. The molecule has 0 saturated heterocycles. The van der Waals surface area contributed by atoms with Crippen LogP contribution >= 0.6 is 0 Å². The molecule has 1 atom stereocenters. The van der Waals surface area contributed by atoms with E-state index in [1.165, 1.54) is 24.5 Å². The fourth-order valence-electron chi connectivity index (χ4n) is 2.44. The maximum Gasteiger partial charge on any atom is 0.328 e. The van der Waals surface area contributed by atoms with Crippen molar-refractivity contribution >= 4 is 12.0 Å². The van der Waals surface area contributed by atoms with E-state index in [2.05, 4.69) is 6.92 Å². The summed E-state index contributed by atoms with van der Waals surface area (Å²) >= 11 is 0. The molecule has 2 rings (SSSR count). The van der Waals surface area contributed by atoms with Crippen molar-refractivity contribution in [2.24, 2.45) is 0 Å². The Labute approximate surface area is 159 Å². The van der Waals surface area contributed by atoms with Gasteiger partial charge in [0.2, 0.25) is 0 Å². The van der Waals surface area contributed by atoms with Gasteiger partial charge in [0.25, 0.3) is 0 Å². The van der Waals surface area contributed by atoms with Gasteiger partial charge in [-0.1, -0.05) is 37.6 Å². The molecule has 0 radical (unpaired) electrons. The third-order valence-electron chi connectivity index (χ3n) is 3.90. The first kappa shape index (κ1) is 20.5. The van der Waals surface area contributed by atoms with Crippen LogP contribution in [0.2, 0.25) is 0 Å². The van der Waals surface area contributed by atoms with Crippen molar-refractivity contribution in [2.75, 3.05) is 13.2 Å². The number of rotatable bonds is 11. The molecule has 0 spiro atoms. The Morgan fingerprint density at radius 3 is 2.44 bits per heavy atom. The molecule has 2 aromatic carbocycles. The van der Waals surface area contributed by atoms with Gasteiger partial charge in [0, 0.05) is 6.08 Å². The second kappa shape index (κ2) is 11.0. The molecule has 5 heteroatoms. The first-order valence-electron chi connectivity index (χ1n) is 9.10. The predicted octanol–water partition coefficient (Wildman–Crippen LogP) is 3.95. The zero-order valence-electron chi connectivity index (χ0n) is 15.5. The van der Waals surface area contributed by atoms with Crippen LogP contribution in [-0.2, 0) is 11.2 Å². The highest BCUT2D eigenvalue weighted by molar-refractivity contribution is 5.85. The second-order valence-electron chi connectivity index (χ2n) is 6.27.